The van der Waals surface area contributed by atoms with E-state index in [1.165, 1.54) is 15.3 Å². The van der Waals surface area contributed by atoms with Crippen molar-refractivity contribution in [2.45, 2.75) is 38.3 Å². The molecule has 2 aromatic rings. The van der Waals surface area contributed by atoms with Gasteiger partial charge in [0.15, 0.2) is 0 Å². The average Bonchev–Trinajstić information content (AvgIpc) is 3.38. The molecule has 0 atom stereocenters. The molecule has 1 saturated carbocycles. The lowest BCUT2D eigenvalue weighted by Gasteiger charge is -2.32. The molecule has 2 fully saturated rings. The number of rotatable bonds is 5. The van der Waals surface area contributed by atoms with Crippen molar-refractivity contribution in [2.75, 3.05) is 13.1 Å². The van der Waals surface area contributed by atoms with E-state index in [1.807, 2.05) is 11.3 Å². The lowest BCUT2D eigenvalue weighted by Crippen LogP contribution is -2.45. The lowest BCUT2D eigenvalue weighted by molar-refractivity contribution is -0.133. The molecule has 134 valence electrons. The van der Waals surface area contributed by atoms with E-state index in [0.29, 0.717) is 17.9 Å². The number of carbonyl (C=O) groups excluding carboxylic acids is 1. The predicted molar refractivity (Wildman–Crippen MR) is 106 cm³/mol. The molecular weight excluding hydrogens is 352 g/mol. The van der Waals surface area contributed by atoms with Gasteiger partial charge < -0.3 is 10.2 Å². The van der Waals surface area contributed by atoms with Crippen molar-refractivity contribution in [3.05, 3.63) is 47.3 Å². The third kappa shape index (κ3) is 4.63. The fourth-order valence-electron chi connectivity index (χ4n) is 3.37. The molecule has 3 nitrogen and oxygen atoms in total. The van der Waals surface area contributed by atoms with E-state index >= 15 is 0 Å². The van der Waals surface area contributed by atoms with Gasteiger partial charge in [-0.3, -0.25) is 4.79 Å². The Bertz CT molecular complexity index is 691. The quantitative estimate of drug-likeness (QED) is 0.842. The van der Waals surface area contributed by atoms with Crippen LogP contribution in [0.3, 0.4) is 0 Å². The van der Waals surface area contributed by atoms with Crippen LogP contribution in [0.5, 0.6) is 0 Å². The largest absolute Gasteiger partial charge is 0.342 e. The molecule has 25 heavy (non-hydrogen) atoms. The van der Waals surface area contributed by atoms with Gasteiger partial charge in [-0.1, -0.05) is 30.3 Å². The van der Waals surface area contributed by atoms with Crippen LogP contribution in [0.2, 0.25) is 0 Å². The second kappa shape index (κ2) is 8.35. The van der Waals surface area contributed by atoms with Crippen molar-refractivity contribution in [2.24, 2.45) is 5.92 Å². The third-order valence-electron chi connectivity index (χ3n) is 5.02. The number of hydrogen-bond donors (Lipinski definition) is 1. The Morgan fingerprint density at radius 2 is 1.76 bits per heavy atom. The maximum atomic E-state index is 12.1. The Hall–Kier alpha value is -1.36. The van der Waals surface area contributed by atoms with Gasteiger partial charge in [0.1, 0.15) is 0 Å². The zero-order valence-corrected chi connectivity index (χ0v) is 16.0. The highest BCUT2D eigenvalue weighted by molar-refractivity contribution is 7.15. The Morgan fingerprint density at radius 1 is 1.04 bits per heavy atom. The van der Waals surface area contributed by atoms with Gasteiger partial charge in [-0.15, -0.1) is 23.7 Å². The summed E-state index contributed by atoms with van der Waals surface area (Å²) >= 11 is 1.87. The molecular formula is C20H25ClN2OS. The number of nitrogens with one attached hydrogen (secondary N) is 1. The summed E-state index contributed by atoms with van der Waals surface area (Å²) in [6, 6.07) is 15.5. The summed E-state index contributed by atoms with van der Waals surface area (Å²) in [5.41, 5.74) is 1.29. The summed E-state index contributed by atoms with van der Waals surface area (Å²) in [7, 11) is 0. The molecule has 0 unspecified atom stereocenters. The van der Waals surface area contributed by atoms with Crippen LogP contribution >= 0.6 is 23.7 Å². The molecule has 2 heterocycles. The number of benzene rings is 1. The van der Waals surface area contributed by atoms with E-state index < -0.39 is 0 Å². The topological polar surface area (TPSA) is 32.3 Å². The van der Waals surface area contributed by atoms with Crippen molar-refractivity contribution in [3.63, 3.8) is 0 Å². The summed E-state index contributed by atoms with van der Waals surface area (Å²) in [5.74, 6) is 0.760. The van der Waals surface area contributed by atoms with Gasteiger partial charge >= 0.3 is 0 Å². The maximum absolute atomic E-state index is 12.1. The van der Waals surface area contributed by atoms with Crippen LogP contribution in [0.15, 0.2) is 42.5 Å². The molecule has 1 aliphatic heterocycles. The molecule has 4 rings (SSSR count). The molecule has 1 amide bonds. The normalized spacial score (nSPS) is 18.0. The first kappa shape index (κ1) is 18.4. The highest BCUT2D eigenvalue weighted by Crippen LogP contribution is 2.32. The maximum Gasteiger partial charge on any atom is 0.225 e. The molecule has 5 heteroatoms. The van der Waals surface area contributed by atoms with E-state index in [4.69, 9.17) is 0 Å². The van der Waals surface area contributed by atoms with Crippen LogP contribution in [-0.4, -0.2) is 29.9 Å². The van der Waals surface area contributed by atoms with Crippen molar-refractivity contribution in [1.82, 2.24) is 10.2 Å². The van der Waals surface area contributed by atoms with E-state index in [0.717, 1.165) is 45.3 Å². The van der Waals surface area contributed by atoms with Crippen LogP contribution in [0.4, 0.5) is 0 Å². The molecule has 1 N–H and O–H groups in total. The standard InChI is InChI=1S/C20H24N2OS.ClH/c23-20(16-6-7-16)22-12-10-17(11-13-22)21-14-18-8-9-19(24-18)15-4-2-1-3-5-15;/h1-5,8-9,16-17,21H,6-7,10-14H2;1H. The van der Waals surface area contributed by atoms with Gasteiger partial charge in [-0.25, -0.2) is 0 Å². The summed E-state index contributed by atoms with van der Waals surface area (Å²) in [6.45, 7) is 2.78. The lowest BCUT2D eigenvalue weighted by atomic mass is 10.0. The van der Waals surface area contributed by atoms with Crippen molar-refractivity contribution in [1.29, 1.82) is 0 Å². The number of nitrogens with zero attached hydrogens (tertiary/aromatic N) is 1. The molecule has 2 aliphatic rings. The molecule has 1 saturated heterocycles. The third-order valence-corrected chi connectivity index (χ3v) is 6.15. The van der Waals surface area contributed by atoms with Gasteiger partial charge in [0.05, 0.1) is 0 Å². The van der Waals surface area contributed by atoms with Crippen LogP contribution in [0, 0.1) is 5.92 Å². The highest BCUT2D eigenvalue weighted by atomic mass is 35.5. The molecule has 1 aliphatic carbocycles. The first-order valence-electron chi connectivity index (χ1n) is 8.96. The second-order valence-electron chi connectivity index (χ2n) is 6.89. The minimum absolute atomic E-state index is 0. The van der Waals surface area contributed by atoms with E-state index in [9.17, 15) is 4.79 Å². The Labute approximate surface area is 159 Å². The molecule has 0 radical (unpaired) electrons. The monoisotopic (exact) mass is 376 g/mol. The van der Waals surface area contributed by atoms with E-state index in [1.54, 1.807) is 0 Å². The summed E-state index contributed by atoms with van der Waals surface area (Å²) in [5, 5.41) is 3.68. The smallest absolute Gasteiger partial charge is 0.225 e. The van der Waals surface area contributed by atoms with Crippen molar-refractivity contribution >= 4 is 29.7 Å². The Kier molecular flexibility index (Phi) is 6.15. The van der Waals surface area contributed by atoms with Crippen molar-refractivity contribution < 1.29 is 4.79 Å². The molecule has 1 aromatic heterocycles. The second-order valence-corrected chi connectivity index (χ2v) is 8.06. The number of thiophene rings is 1. The van der Waals surface area contributed by atoms with Gasteiger partial charge in [0.25, 0.3) is 0 Å². The molecule has 0 bridgehead atoms. The Morgan fingerprint density at radius 3 is 2.44 bits per heavy atom. The minimum Gasteiger partial charge on any atom is -0.342 e. The predicted octanol–water partition coefficient (Wildman–Crippen LogP) is 4.33. The number of carbonyl (C=O) groups is 1. The number of likely N-dealkylation sites (tertiary alicyclic amines) is 1. The van der Waals surface area contributed by atoms with Crippen LogP contribution in [-0.2, 0) is 11.3 Å². The fourth-order valence-corrected chi connectivity index (χ4v) is 4.33. The SMILES string of the molecule is Cl.O=C(C1CC1)N1CCC(NCc2ccc(-c3ccccc3)s2)CC1. The van der Waals surface area contributed by atoms with Crippen LogP contribution in [0.25, 0.3) is 10.4 Å². The summed E-state index contributed by atoms with van der Waals surface area (Å²) < 4.78 is 0. The summed E-state index contributed by atoms with van der Waals surface area (Å²) in [6.07, 6.45) is 4.38. The van der Waals surface area contributed by atoms with E-state index in [-0.39, 0.29) is 12.4 Å². The minimum atomic E-state index is 0. The number of halogens is 1. The van der Waals surface area contributed by atoms with Gasteiger partial charge in [-0.2, -0.15) is 0 Å². The Balaban J connectivity index is 0.00000182. The molecule has 1 aromatic carbocycles. The van der Waals surface area contributed by atoms with Crippen molar-refractivity contribution in [3.8, 4) is 10.4 Å². The zero-order valence-electron chi connectivity index (χ0n) is 14.3. The van der Waals surface area contributed by atoms with Gasteiger partial charge in [0, 0.05) is 41.3 Å². The van der Waals surface area contributed by atoms with Crippen LogP contribution < -0.4 is 5.32 Å². The van der Waals surface area contributed by atoms with Crippen LogP contribution in [0.1, 0.15) is 30.6 Å². The first-order chi connectivity index (χ1) is 11.8. The van der Waals surface area contributed by atoms with Gasteiger partial charge in [-0.05, 0) is 43.4 Å². The number of amides is 1. The highest BCUT2D eigenvalue weighted by Gasteiger charge is 2.34. The average molecular weight is 377 g/mol. The zero-order chi connectivity index (χ0) is 16.4. The number of hydrogen-bond acceptors (Lipinski definition) is 3. The fraction of sp³-hybridized carbons (Fsp3) is 0.450. The van der Waals surface area contributed by atoms with Gasteiger partial charge in [0.2, 0.25) is 5.91 Å². The summed E-state index contributed by atoms with van der Waals surface area (Å²) in [4.78, 5) is 16.9. The molecule has 0 spiro atoms. The van der Waals surface area contributed by atoms with E-state index in [2.05, 4.69) is 52.7 Å². The number of piperidine rings is 1. The first-order valence-corrected chi connectivity index (χ1v) is 9.77.